The van der Waals surface area contributed by atoms with E-state index in [0.717, 1.165) is 12.8 Å². The van der Waals surface area contributed by atoms with Crippen LogP contribution in [0, 0.1) is 5.92 Å². The van der Waals surface area contributed by atoms with Gasteiger partial charge in [-0.3, -0.25) is 0 Å². The van der Waals surface area contributed by atoms with E-state index < -0.39 is 17.3 Å². The second-order valence-electron chi connectivity index (χ2n) is 9.72. The Morgan fingerprint density at radius 2 is 1.50 bits per heavy atom. The van der Waals surface area contributed by atoms with Gasteiger partial charge in [-0.2, -0.15) is 0 Å². The third-order valence-corrected chi connectivity index (χ3v) is 4.75. The molecule has 0 aromatic carbocycles. The minimum Gasteiger partial charge on any atom is -0.444 e. The molecule has 166 valence electrons. The van der Waals surface area contributed by atoms with E-state index in [9.17, 15) is 9.59 Å². The molecule has 2 atom stereocenters. The predicted octanol–water partition coefficient (Wildman–Crippen LogP) is 4.16. The summed E-state index contributed by atoms with van der Waals surface area (Å²) in [5, 5.41) is 6.32. The summed E-state index contributed by atoms with van der Waals surface area (Å²) in [6.07, 6.45) is 1.09. The quantitative estimate of drug-likeness (QED) is 0.567. The molecule has 2 unspecified atom stereocenters. The van der Waals surface area contributed by atoms with Crippen molar-refractivity contribution in [2.75, 3.05) is 26.7 Å². The van der Waals surface area contributed by atoms with E-state index in [1.165, 1.54) is 0 Å². The van der Waals surface area contributed by atoms with Crippen molar-refractivity contribution in [1.29, 1.82) is 0 Å². The van der Waals surface area contributed by atoms with Crippen molar-refractivity contribution in [2.24, 2.45) is 5.92 Å². The van der Waals surface area contributed by atoms with E-state index in [0.29, 0.717) is 25.6 Å². The van der Waals surface area contributed by atoms with Crippen LogP contribution in [-0.4, -0.2) is 60.5 Å². The smallest absolute Gasteiger partial charge is 0.410 e. The molecule has 0 aromatic rings. The van der Waals surface area contributed by atoms with Crippen LogP contribution in [-0.2, 0) is 9.47 Å². The Morgan fingerprint density at radius 3 is 1.96 bits per heavy atom. The van der Waals surface area contributed by atoms with Crippen molar-refractivity contribution < 1.29 is 19.1 Å². The fourth-order valence-electron chi connectivity index (χ4n) is 2.61. The van der Waals surface area contributed by atoms with Gasteiger partial charge in [0.1, 0.15) is 11.2 Å². The fourth-order valence-corrected chi connectivity index (χ4v) is 2.61. The van der Waals surface area contributed by atoms with Gasteiger partial charge in [-0.15, -0.1) is 0 Å². The molecule has 0 rings (SSSR count). The van der Waals surface area contributed by atoms with Crippen molar-refractivity contribution >= 4 is 12.2 Å². The molecule has 28 heavy (non-hydrogen) atoms. The van der Waals surface area contributed by atoms with Crippen molar-refractivity contribution in [3.8, 4) is 0 Å². The SMILES string of the molecule is CCC(C)(NCCNC(=O)OC(C)(C)C)C(C)CCN(C)C(=O)OC(C)(C)C. The van der Waals surface area contributed by atoms with Gasteiger partial charge < -0.3 is 25.0 Å². The highest BCUT2D eigenvalue weighted by Gasteiger charge is 2.29. The molecule has 7 nitrogen and oxygen atoms in total. The summed E-state index contributed by atoms with van der Waals surface area (Å²) in [6, 6.07) is 0. The van der Waals surface area contributed by atoms with Crippen LogP contribution >= 0.6 is 0 Å². The molecule has 0 aliphatic carbocycles. The maximum atomic E-state index is 12.1. The predicted molar refractivity (Wildman–Crippen MR) is 114 cm³/mol. The average molecular weight is 402 g/mol. The van der Waals surface area contributed by atoms with Gasteiger partial charge in [0.15, 0.2) is 0 Å². The van der Waals surface area contributed by atoms with Crippen LogP contribution < -0.4 is 10.6 Å². The number of hydrogen-bond donors (Lipinski definition) is 2. The number of hydrogen-bond acceptors (Lipinski definition) is 5. The van der Waals surface area contributed by atoms with Crippen molar-refractivity contribution in [1.82, 2.24) is 15.5 Å². The van der Waals surface area contributed by atoms with Crippen LogP contribution in [0.2, 0.25) is 0 Å². The Labute approximate surface area is 171 Å². The topological polar surface area (TPSA) is 79.9 Å². The van der Waals surface area contributed by atoms with Gasteiger partial charge in [0.05, 0.1) is 0 Å². The Bertz CT molecular complexity index is 497. The van der Waals surface area contributed by atoms with Gasteiger partial charge in [0, 0.05) is 32.2 Å². The first-order valence-corrected chi connectivity index (χ1v) is 10.3. The lowest BCUT2D eigenvalue weighted by Gasteiger charge is -2.37. The van der Waals surface area contributed by atoms with E-state index in [2.05, 4.69) is 31.4 Å². The second-order valence-corrected chi connectivity index (χ2v) is 9.72. The van der Waals surface area contributed by atoms with Gasteiger partial charge in [-0.05, 0) is 67.2 Å². The summed E-state index contributed by atoms with van der Waals surface area (Å²) < 4.78 is 10.6. The monoisotopic (exact) mass is 401 g/mol. The summed E-state index contributed by atoms with van der Waals surface area (Å²) in [5.74, 6) is 0.337. The first-order valence-electron chi connectivity index (χ1n) is 10.3. The number of nitrogens with one attached hydrogen (secondary N) is 2. The molecule has 0 saturated heterocycles. The van der Waals surface area contributed by atoms with E-state index in [1.807, 2.05) is 41.5 Å². The lowest BCUT2D eigenvalue weighted by molar-refractivity contribution is 0.0282. The second kappa shape index (κ2) is 10.9. The molecule has 2 amide bonds. The van der Waals surface area contributed by atoms with Crippen LogP contribution in [0.1, 0.15) is 75.2 Å². The Hall–Kier alpha value is -1.50. The van der Waals surface area contributed by atoms with Crippen molar-refractivity contribution in [3.05, 3.63) is 0 Å². The van der Waals surface area contributed by atoms with Gasteiger partial charge in [0.2, 0.25) is 0 Å². The molecule has 0 spiro atoms. The summed E-state index contributed by atoms with van der Waals surface area (Å²) >= 11 is 0. The Kier molecular flexibility index (Phi) is 10.3. The molecule has 0 heterocycles. The number of amides is 2. The zero-order chi connectivity index (χ0) is 22.2. The van der Waals surface area contributed by atoms with E-state index >= 15 is 0 Å². The lowest BCUT2D eigenvalue weighted by Crippen LogP contribution is -2.50. The fraction of sp³-hybridized carbons (Fsp3) is 0.905. The zero-order valence-electron chi connectivity index (χ0n) is 19.7. The summed E-state index contributed by atoms with van der Waals surface area (Å²) in [4.78, 5) is 25.4. The highest BCUT2D eigenvalue weighted by molar-refractivity contribution is 5.68. The average Bonchev–Trinajstić information content (AvgIpc) is 2.52. The van der Waals surface area contributed by atoms with Crippen LogP contribution in [0.25, 0.3) is 0 Å². The third kappa shape index (κ3) is 11.4. The van der Waals surface area contributed by atoms with Crippen LogP contribution in [0.5, 0.6) is 0 Å². The first kappa shape index (κ1) is 26.5. The molecular formula is C21H43N3O4. The minimum atomic E-state index is -0.496. The van der Waals surface area contributed by atoms with Crippen LogP contribution in [0.3, 0.4) is 0 Å². The number of ether oxygens (including phenoxy) is 2. The summed E-state index contributed by atoms with van der Waals surface area (Å²) in [5.41, 5.74) is -1.08. The third-order valence-electron chi connectivity index (χ3n) is 4.75. The van der Waals surface area contributed by atoms with Gasteiger partial charge in [-0.25, -0.2) is 9.59 Å². The largest absolute Gasteiger partial charge is 0.444 e. The number of nitrogens with zero attached hydrogens (tertiary/aromatic N) is 1. The minimum absolute atomic E-state index is 0.0929. The summed E-state index contributed by atoms with van der Waals surface area (Å²) in [7, 11) is 1.77. The van der Waals surface area contributed by atoms with Crippen LogP contribution in [0.4, 0.5) is 9.59 Å². The highest BCUT2D eigenvalue weighted by Crippen LogP contribution is 2.24. The van der Waals surface area contributed by atoms with E-state index in [-0.39, 0.29) is 11.6 Å². The van der Waals surface area contributed by atoms with Gasteiger partial charge in [-0.1, -0.05) is 13.8 Å². The molecular weight excluding hydrogens is 358 g/mol. The number of rotatable bonds is 9. The number of alkyl carbamates (subject to hydrolysis) is 1. The first-order chi connectivity index (χ1) is 12.6. The van der Waals surface area contributed by atoms with E-state index in [1.54, 1.807) is 11.9 Å². The van der Waals surface area contributed by atoms with Crippen LogP contribution in [0.15, 0.2) is 0 Å². The zero-order valence-corrected chi connectivity index (χ0v) is 19.7. The maximum absolute atomic E-state index is 12.1. The molecule has 0 fully saturated rings. The lowest BCUT2D eigenvalue weighted by atomic mass is 9.82. The molecule has 7 heteroatoms. The van der Waals surface area contributed by atoms with Gasteiger partial charge >= 0.3 is 12.2 Å². The molecule has 0 aliphatic rings. The molecule has 2 N–H and O–H groups in total. The Balaban J connectivity index is 4.42. The molecule has 0 bridgehead atoms. The summed E-state index contributed by atoms with van der Waals surface area (Å²) in [6.45, 7) is 19.4. The van der Waals surface area contributed by atoms with E-state index in [4.69, 9.17) is 9.47 Å². The normalized spacial score (nSPS) is 15.4. The maximum Gasteiger partial charge on any atom is 0.410 e. The number of carbonyl (C=O) groups excluding carboxylic acids is 2. The molecule has 0 aliphatic heterocycles. The molecule has 0 radical (unpaired) electrons. The van der Waals surface area contributed by atoms with Crippen molar-refractivity contribution in [2.45, 2.75) is 91.9 Å². The molecule has 0 aromatic heterocycles. The van der Waals surface area contributed by atoms with Crippen molar-refractivity contribution in [3.63, 3.8) is 0 Å². The standard InChI is InChI=1S/C21H43N3O4/c1-11-21(9,23-14-13-22-17(25)27-19(3,4)5)16(2)12-15-24(10)18(26)28-20(6,7)8/h16,23H,11-15H2,1-10H3,(H,22,25). The Morgan fingerprint density at radius 1 is 0.964 bits per heavy atom. The highest BCUT2D eigenvalue weighted by atomic mass is 16.6. The van der Waals surface area contributed by atoms with Gasteiger partial charge in [0.25, 0.3) is 0 Å². The molecule has 0 saturated carbocycles. The number of carbonyl (C=O) groups is 2.